The fourth-order valence-corrected chi connectivity index (χ4v) is 0.987. The van der Waals surface area contributed by atoms with Crippen LogP contribution in [-0.4, -0.2) is 16.6 Å². The van der Waals surface area contributed by atoms with Crippen molar-refractivity contribution in [3.8, 4) is 0 Å². The zero-order chi connectivity index (χ0) is 10.6. The summed E-state index contributed by atoms with van der Waals surface area (Å²) in [5, 5.41) is 18.8. The van der Waals surface area contributed by atoms with Gasteiger partial charge in [0.1, 0.15) is 5.82 Å². The average molecular weight is 197 g/mol. The van der Waals surface area contributed by atoms with Crippen LogP contribution in [0.15, 0.2) is 24.3 Å². The Morgan fingerprint density at radius 1 is 1.50 bits per heavy atom. The Hall–Kier alpha value is -1.75. The molecule has 0 aromatic heterocycles. The van der Waals surface area contributed by atoms with Crippen LogP contribution in [0.5, 0.6) is 0 Å². The van der Waals surface area contributed by atoms with Crippen LogP contribution < -0.4 is 0 Å². The molecule has 0 aliphatic heterocycles. The molecule has 1 rings (SSSR count). The minimum atomic E-state index is -0.670. The van der Waals surface area contributed by atoms with Gasteiger partial charge in [-0.25, -0.2) is 4.39 Å². The van der Waals surface area contributed by atoms with E-state index in [0.717, 1.165) is 12.1 Å². The minimum Gasteiger partial charge on any atom is -0.392 e. The monoisotopic (exact) mass is 197 g/mol. The third-order valence-electron chi connectivity index (χ3n) is 1.53. The van der Waals surface area contributed by atoms with Gasteiger partial charge in [0.05, 0.1) is 17.6 Å². The highest BCUT2D eigenvalue weighted by atomic mass is 19.1. The molecule has 0 aliphatic rings. The van der Waals surface area contributed by atoms with Crippen molar-refractivity contribution in [2.45, 2.75) is 0 Å². The van der Waals surface area contributed by atoms with Gasteiger partial charge in [0, 0.05) is 6.07 Å². The summed E-state index contributed by atoms with van der Waals surface area (Å²) >= 11 is 0. The highest BCUT2D eigenvalue weighted by molar-refractivity contribution is 5.53. The van der Waals surface area contributed by atoms with Gasteiger partial charge in [-0.15, -0.1) is 0 Å². The van der Waals surface area contributed by atoms with Crippen molar-refractivity contribution in [1.82, 2.24) is 0 Å². The van der Waals surface area contributed by atoms with E-state index < -0.39 is 10.7 Å². The number of aliphatic hydroxyl groups is 1. The summed E-state index contributed by atoms with van der Waals surface area (Å²) in [6, 6.07) is 3.23. The number of nitrogens with zero attached hydrogens (tertiary/aromatic N) is 1. The van der Waals surface area contributed by atoms with Crippen LogP contribution in [-0.2, 0) is 0 Å². The van der Waals surface area contributed by atoms with E-state index >= 15 is 0 Å². The Balaban J connectivity index is 3.07. The summed E-state index contributed by atoms with van der Waals surface area (Å²) in [7, 11) is 0. The van der Waals surface area contributed by atoms with Gasteiger partial charge >= 0.3 is 0 Å². The fraction of sp³-hybridized carbons (Fsp3) is 0.111. The lowest BCUT2D eigenvalue weighted by molar-refractivity contribution is -0.385. The molecule has 0 atom stereocenters. The smallest absolute Gasteiger partial charge is 0.272 e. The first-order valence-electron chi connectivity index (χ1n) is 3.86. The Bertz CT molecular complexity index is 376. The topological polar surface area (TPSA) is 63.4 Å². The van der Waals surface area contributed by atoms with Crippen LogP contribution in [0.4, 0.5) is 10.1 Å². The first-order chi connectivity index (χ1) is 6.63. The number of hydrogen-bond donors (Lipinski definition) is 1. The summed E-state index contributed by atoms with van der Waals surface area (Å²) in [5.41, 5.74) is 0.0494. The summed E-state index contributed by atoms with van der Waals surface area (Å²) in [4.78, 5) is 9.68. The normalized spacial score (nSPS) is 10.7. The number of non-ortho nitro benzene ring substituents is 1. The van der Waals surface area contributed by atoms with E-state index in [0.29, 0.717) is 5.56 Å². The molecule has 0 aliphatic carbocycles. The van der Waals surface area contributed by atoms with Crippen molar-refractivity contribution in [2.24, 2.45) is 0 Å². The maximum Gasteiger partial charge on any atom is 0.272 e. The largest absolute Gasteiger partial charge is 0.392 e. The Kier molecular flexibility index (Phi) is 3.30. The molecule has 0 fully saturated rings. The lowest BCUT2D eigenvalue weighted by Crippen LogP contribution is -1.90. The van der Waals surface area contributed by atoms with Gasteiger partial charge in [-0.05, 0) is 11.6 Å². The molecule has 1 aromatic rings. The number of hydrogen-bond acceptors (Lipinski definition) is 3. The highest BCUT2D eigenvalue weighted by Crippen LogP contribution is 2.17. The minimum absolute atomic E-state index is 0.190. The lowest BCUT2D eigenvalue weighted by atomic mass is 10.2. The molecule has 4 nitrogen and oxygen atoms in total. The van der Waals surface area contributed by atoms with Crippen molar-refractivity contribution in [1.29, 1.82) is 0 Å². The first kappa shape index (κ1) is 10.3. The third-order valence-corrected chi connectivity index (χ3v) is 1.53. The van der Waals surface area contributed by atoms with Crippen molar-refractivity contribution in [3.63, 3.8) is 0 Å². The van der Waals surface area contributed by atoms with Crippen LogP contribution in [0, 0.1) is 15.9 Å². The number of rotatable bonds is 3. The molecule has 0 amide bonds. The van der Waals surface area contributed by atoms with Gasteiger partial charge in [0.15, 0.2) is 0 Å². The molecule has 0 spiro atoms. The number of nitro groups is 1. The molecular formula is C9H8FNO3. The number of aliphatic hydroxyl groups excluding tert-OH is 1. The van der Waals surface area contributed by atoms with E-state index in [2.05, 4.69) is 0 Å². The van der Waals surface area contributed by atoms with Crippen LogP contribution in [0.25, 0.3) is 6.08 Å². The van der Waals surface area contributed by atoms with E-state index in [9.17, 15) is 14.5 Å². The molecule has 1 aromatic carbocycles. The standard InChI is InChI=1S/C9H8FNO3/c10-8-4-7(2-1-3-12)5-9(6-8)11(13)14/h1-2,4-6,12H,3H2. The Morgan fingerprint density at radius 2 is 2.21 bits per heavy atom. The molecule has 0 unspecified atom stereocenters. The fourth-order valence-electron chi connectivity index (χ4n) is 0.987. The van der Waals surface area contributed by atoms with E-state index in [1.807, 2.05) is 0 Å². The van der Waals surface area contributed by atoms with Crippen molar-refractivity contribution in [2.75, 3.05) is 6.61 Å². The van der Waals surface area contributed by atoms with Gasteiger partial charge in [0.2, 0.25) is 0 Å². The quantitative estimate of drug-likeness (QED) is 0.592. The van der Waals surface area contributed by atoms with E-state index in [1.165, 1.54) is 18.2 Å². The highest BCUT2D eigenvalue weighted by Gasteiger charge is 2.07. The summed E-state index contributed by atoms with van der Waals surface area (Å²) < 4.78 is 12.8. The van der Waals surface area contributed by atoms with Crippen molar-refractivity contribution >= 4 is 11.8 Å². The molecule has 1 N–H and O–H groups in total. The predicted molar refractivity (Wildman–Crippen MR) is 49.2 cm³/mol. The SMILES string of the molecule is O=[N+]([O-])c1cc(F)cc(C=CCO)c1. The van der Waals surface area contributed by atoms with Crippen molar-refractivity contribution in [3.05, 3.63) is 45.8 Å². The summed E-state index contributed by atoms with van der Waals surface area (Å²) in [6.07, 6.45) is 2.79. The van der Waals surface area contributed by atoms with Gasteiger partial charge < -0.3 is 5.11 Å². The first-order valence-corrected chi connectivity index (χ1v) is 3.86. The second kappa shape index (κ2) is 4.48. The van der Waals surface area contributed by atoms with E-state index in [4.69, 9.17) is 5.11 Å². The van der Waals surface area contributed by atoms with Gasteiger partial charge in [0.25, 0.3) is 5.69 Å². The van der Waals surface area contributed by atoms with Crippen molar-refractivity contribution < 1.29 is 14.4 Å². The molecule has 74 valence electrons. The van der Waals surface area contributed by atoms with Crippen LogP contribution >= 0.6 is 0 Å². The van der Waals surface area contributed by atoms with Crippen LogP contribution in [0.1, 0.15) is 5.56 Å². The zero-order valence-corrected chi connectivity index (χ0v) is 7.18. The third kappa shape index (κ3) is 2.63. The molecule has 0 radical (unpaired) electrons. The molecule has 0 saturated carbocycles. The van der Waals surface area contributed by atoms with E-state index in [1.54, 1.807) is 0 Å². The molecule has 0 heterocycles. The maximum absolute atomic E-state index is 12.8. The Labute approximate surface area is 79.4 Å². The van der Waals surface area contributed by atoms with Crippen LogP contribution in [0.2, 0.25) is 0 Å². The second-order valence-electron chi connectivity index (χ2n) is 2.58. The molecular weight excluding hydrogens is 189 g/mol. The maximum atomic E-state index is 12.8. The molecule has 5 heteroatoms. The molecule has 0 saturated heterocycles. The second-order valence-corrected chi connectivity index (χ2v) is 2.58. The van der Waals surface area contributed by atoms with Gasteiger partial charge in [-0.2, -0.15) is 0 Å². The Morgan fingerprint density at radius 3 is 2.79 bits per heavy atom. The van der Waals surface area contributed by atoms with Gasteiger partial charge in [-0.1, -0.05) is 12.2 Å². The average Bonchev–Trinajstić information content (AvgIpc) is 2.14. The zero-order valence-electron chi connectivity index (χ0n) is 7.18. The lowest BCUT2D eigenvalue weighted by Gasteiger charge is -1.95. The summed E-state index contributed by atoms with van der Waals surface area (Å²) in [5.74, 6) is -0.670. The number of benzene rings is 1. The molecule has 0 bridgehead atoms. The van der Waals surface area contributed by atoms with Crippen LogP contribution in [0.3, 0.4) is 0 Å². The van der Waals surface area contributed by atoms with Gasteiger partial charge in [-0.3, -0.25) is 10.1 Å². The predicted octanol–water partition coefficient (Wildman–Crippen LogP) is 1.74. The number of halogens is 1. The molecule has 14 heavy (non-hydrogen) atoms. The van der Waals surface area contributed by atoms with E-state index in [-0.39, 0.29) is 12.3 Å². The number of nitro benzene ring substituents is 1. The summed E-state index contributed by atoms with van der Waals surface area (Å²) in [6.45, 7) is -0.190.